The lowest BCUT2D eigenvalue weighted by atomic mass is 9.93. The molecule has 1 aromatic carbocycles. The molecular formula is C17H20N2O6. The molecule has 134 valence electrons. The molecule has 0 unspecified atom stereocenters. The van der Waals surface area contributed by atoms with E-state index < -0.39 is 5.97 Å². The van der Waals surface area contributed by atoms with Gasteiger partial charge in [0.15, 0.2) is 17.1 Å². The third-order valence-electron chi connectivity index (χ3n) is 3.93. The fourth-order valence-electron chi connectivity index (χ4n) is 2.86. The van der Waals surface area contributed by atoms with Crippen LogP contribution in [0.25, 0.3) is 11.3 Å². The van der Waals surface area contributed by atoms with Crippen LogP contribution in [-0.4, -0.2) is 45.1 Å². The van der Waals surface area contributed by atoms with Crippen LogP contribution in [-0.2, 0) is 4.79 Å². The normalized spacial score (nSPS) is 19.4. The smallest absolute Gasteiger partial charge is 0.343 e. The average Bonchev–Trinajstić information content (AvgIpc) is 3.00. The Morgan fingerprint density at radius 3 is 2.56 bits per heavy atom. The number of carbonyl (C=O) groups is 2. The van der Waals surface area contributed by atoms with Crippen molar-refractivity contribution in [2.75, 3.05) is 5.32 Å². The van der Waals surface area contributed by atoms with E-state index in [9.17, 15) is 15.0 Å². The number of aliphatic hydroxyl groups excluding tert-OH is 1. The zero-order valence-corrected chi connectivity index (χ0v) is 13.5. The summed E-state index contributed by atoms with van der Waals surface area (Å²) in [5.41, 5.74) is 0.704. The topological polar surface area (TPSA) is 133 Å². The molecular weight excluding hydrogens is 328 g/mol. The molecule has 0 spiro atoms. The Balaban J connectivity index is 0.000000701. The van der Waals surface area contributed by atoms with Crippen LogP contribution in [0, 0.1) is 0 Å². The van der Waals surface area contributed by atoms with Gasteiger partial charge in [-0.3, -0.25) is 4.79 Å². The molecule has 2 atom stereocenters. The van der Waals surface area contributed by atoms with Gasteiger partial charge in [-0.1, -0.05) is 35.5 Å². The van der Waals surface area contributed by atoms with E-state index in [0.717, 1.165) is 19.3 Å². The number of nitrogens with one attached hydrogen (secondary N) is 1. The number of hydrogen-bond donors (Lipinski definition) is 4. The van der Waals surface area contributed by atoms with Crippen molar-refractivity contribution in [3.8, 4) is 11.3 Å². The largest absolute Gasteiger partial charge is 0.483 e. The van der Waals surface area contributed by atoms with E-state index in [1.165, 1.54) is 0 Å². The molecule has 0 aliphatic heterocycles. The van der Waals surface area contributed by atoms with Gasteiger partial charge in [0.1, 0.15) is 0 Å². The second kappa shape index (κ2) is 8.84. The predicted molar refractivity (Wildman–Crippen MR) is 89.5 cm³/mol. The Hall–Kier alpha value is -2.87. The molecule has 1 heterocycles. The van der Waals surface area contributed by atoms with Crippen molar-refractivity contribution in [1.82, 2.24) is 5.16 Å². The van der Waals surface area contributed by atoms with E-state index in [2.05, 4.69) is 10.5 Å². The maximum Gasteiger partial charge on any atom is 0.343 e. The lowest BCUT2D eigenvalue weighted by Gasteiger charge is -2.26. The molecule has 8 nitrogen and oxygen atoms in total. The molecule has 1 aromatic heterocycles. The summed E-state index contributed by atoms with van der Waals surface area (Å²) in [7, 11) is 0. The Bertz CT molecular complexity index is 700. The highest BCUT2D eigenvalue weighted by Gasteiger charge is 2.27. The maximum atomic E-state index is 11.6. The third-order valence-corrected chi connectivity index (χ3v) is 3.93. The van der Waals surface area contributed by atoms with Crippen molar-refractivity contribution >= 4 is 18.3 Å². The molecule has 0 amide bonds. The van der Waals surface area contributed by atoms with Gasteiger partial charge in [0, 0.05) is 11.6 Å². The number of nitrogens with zero attached hydrogens (tertiary/aromatic N) is 1. The number of carboxylic acids is 1. The van der Waals surface area contributed by atoms with Gasteiger partial charge in [0.2, 0.25) is 0 Å². The quantitative estimate of drug-likeness (QED) is 0.619. The minimum absolute atomic E-state index is 0.00979. The summed E-state index contributed by atoms with van der Waals surface area (Å²) in [6, 6.07) is 9.04. The average molecular weight is 348 g/mol. The molecule has 1 aliphatic rings. The van der Waals surface area contributed by atoms with Crippen LogP contribution in [0.15, 0.2) is 34.9 Å². The van der Waals surface area contributed by atoms with Crippen LogP contribution in [0.2, 0.25) is 0 Å². The highest BCUT2D eigenvalue weighted by molar-refractivity contribution is 5.99. The lowest BCUT2D eigenvalue weighted by Crippen LogP contribution is -2.30. The summed E-state index contributed by atoms with van der Waals surface area (Å²) in [5.74, 6) is -0.614. The number of aliphatic hydroxyl groups is 1. The van der Waals surface area contributed by atoms with Crippen LogP contribution in [0.5, 0.6) is 0 Å². The van der Waals surface area contributed by atoms with Crippen molar-refractivity contribution in [3.63, 3.8) is 0 Å². The number of aromatic nitrogens is 1. The molecule has 1 saturated carbocycles. The predicted octanol–water partition coefficient (Wildman–Crippen LogP) is 2.46. The van der Waals surface area contributed by atoms with Gasteiger partial charge in [0.05, 0.1) is 6.10 Å². The summed E-state index contributed by atoms with van der Waals surface area (Å²) in [4.78, 5) is 20.0. The summed E-state index contributed by atoms with van der Waals surface area (Å²) in [6.07, 6.45) is 2.82. The fraction of sp³-hybridized carbons (Fsp3) is 0.353. The minimum Gasteiger partial charge on any atom is -0.483 e. The summed E-state index contributed by atoms with van der Waals surface area (Å²) >= 11 is 0. The Morgan fingerprint density at radius 2 is 1.96 bits per heavy atom. The van der Waals surface area contributed by atoms with E-state index >= 15 is 0 Å². The molecule has 2 aromatic rings. The Kier molecular flexibility index (Phi) is 6.53. The van der Waals surface area contributed by atoms with E-state index in [-0.39, 0.29) is 35.8 Å². The van der Waals surface area contributed by atoms with Gasteiger partial charge in [-0.15, -0.1) is 0 Å². The van der Waals surface area contributed by atoms with Gasteiger partial charge in [-0.25, -0.2) is 4.79 Å². The number of rotatable bonds is 4. The van der Waals surface area contributed by atoms with E-state index in [4.69, 9.17) is 14.4 Å². The van der Waals surface area contributed by atoms with Gasteiger partial charge in [0.25, 0.3) is 6.47 Å². The molecule has 8 heteroatoms. The SMILES string of the molecule is O=C(O)c1c(N[C@@H]2CCC[C@@H](O)C2)noc1-c1ccccc1.O=CO. The summed E-state index contributed by atoms with van der Waals surface area (Å²) in [5, 5.41) is 33.1. The fourth-order valence-corrected chi connectivity index (χ4v) is 2.86. The second-order valence-corrected chi connectivity index (χ2v) is 5.67. The third kappa shape index (κ3) is 4.80. The maximum absolute atomic E-state index is 11.6. The standard InChI is InChI=1S/C16H18N2O4.CH2O2/c19-12-8-4-7-11(9-12)17-15-13(16(20)21)14(22-18-15)10-5-2-1-3-6-10;2-1-3/h1-3,5-6,11-12,19H,4,7-9H2,(H,17,18)(H,20,21);1H,(H,2,3)/t11-,12-;/m1./s1. The number of carboxylic acid groups (broad SMARTS) is 2. The summed E-state index contributed by atoms with van der Waals surface area (Å²) < 4.78 is 5.26. The van der Waals surface area contributed by atoms with Gasteiger partial charge >= 0.3 is 5.97 Å². The Morgan fingerprint density at radius 1 is 1.28 bits per heavy atom. The van der Waals surface area contributed by atoms with Crippen molar-refractivity contribution in [3.05, 3.63) is 35.9 Å². The molecule has 25 heavy (non-hydrogen) atoms. The van der Waals surface area contributed by atoms with Crippen molar-refractivity contribution in [2.45, 2.75) is 37.8 Å². The highest BCUT2D eigenvalue weighted by Crippen LogP contribution is 2.31. The molecule has 0 saturated heterocycles. The van der Waals surface area contributed by atoms with Gasteiger partial charge in [-0.05, 0) is 25.7 Å². The number of aromatic carboxylic acids is 1. The van der Waals surface area contributed by atoms with Crippen molar-refractivity contribution in [2.24, 2.45) is 0 Å². The van der Waals surface area contributed by atoms with Gasteiger partial charge < -0.3 is 25.2 Å². The number of benzene rings is 1. The lowest BCUT2D eigenvalue weighted by molar-refractivity contribution is -0.122. The first kappa shape index (κ1) is 18.5. The first-order valence-corrected chi connectivity index (χ1v) is 7.87. The molecule has 4 N–H and O–H groups in total. The molecule has 0 radical (unpaired) electrons. The Labute approximate surface area is 144 Å². The number of anilines is 1. The first-order chi connectivity index (χ1) is 12.1. The van der Waals surface area contributed by atoms with E-state index in [1.54, 1.807) is 12.1 Å². The first-order valence-electron chi connectivity index (χ1n) is 7.87. The highest BCUT2D eigenvalue weighted by atomic mass is 16.5. The van der Waals surface area contributed by atoms with Crippen LogP contribution in [0.4, 0.5) is 5.82 Å². The van der Waals surface area contributed by atoms with Crippen molar-refractivity contribution < 1.29 is 29.4 Å². The van der Waals surface area contributed by atoms with E-state index in [1.807, 2.05) is 18.2 Å². The van der Waals surface area contributed by atoms with E-state index in [0.29, 0.717) is 12.0 Å². The second-order valence-electron chi connectivity index (χ2n) is 5.67. The number of hydrogen-bond acceptors (Lipinski definition) is 6. The summed E-state index contributed by atoms with van der Waals surface area (Å²) in [6.45, 7) is -0.250. The molecule has 3 rings (SSSR count). The molecule has 1 fully saturated rings. The monoisotopic (exact) mass is 348 g/mol. The molecule has 1 aliphatic carbocycles. The zero-order valence-electron chi connectivity index (χ0n) is 13.5. The van der Waals surface area contributed by atoms with Crippen LogP contribution in [0.1, 0.15) is 36.0 Å². The van der Waals surface area contributed by atoms with Crippen LogP contribution < -0.4 is 5.32 Å². The zero-order chi connectivity index (χ0) is 18.2. The van der Waals surface area contributed by atoms with Crippen molar-refractivity contribution in [1.29, 1.82) is 0 Å². The minimum atomic E-state index is -1.08. The van der Waals surface area contributed by atoms with Crippen LogP contribution in [0.3, 0.4) is 0 Å². The molecule has 0 bridgehead atoms. The van der Waals surface area contributed by atoms with Crippen LogP contribution >= 0.6 is 0 Å². The van der Waals surface area contributed by atoms with Gasteiger partial charge in [-0.2, -0.15) is 0 Å².